The Morgan fingerprint density at radius 1 is 1.35 bits per heavy atom. The number of amides is 2. The molecule has 2 amide bonds. The minimum Gasteiger partial charge on any atom is -0.481 e. The van der Waals surface area contributed by atoms with Crippen molar-refractivity contribution in [3.63, 3.8) is 0 Å². The molecule has 2 N–H and O–H groups in total. The summed E-state index contributed by atoms with van der Waals surface area (Å²) >= 11 is 0. The number of nitrogens with zero attached hydrogens (tertiary/aromatic N) is 2. The molecule has 7 nitrogen and oxygen atoms in total. The summed E-state index contributed by atoms with van der Waals surface area (Å²) in [5.74, 6) is -1.41. The summed E-state index contributed by atoms with van der Waals surface area (Å²) in [4.78, 5) is 34.5. The first-order valence-electron chi connectivity index (χ1n) is 7.44. The predicted molar refractivity (Wildman–Crippen MR) is 85.2 cm³/mol. The normalized spacial score (nSPS) is 14.4. The van der Waals surface area contributed by atoms with Gasteiger partial charge in [0.1, 0.15) is 5.71 Å². The maximum atomic E-state index is 12.1. The van der Waals surface area contributed by atoms with Crippen molar-refractivity contribution >= 4 is 29.2 Å². The zero-order valence-electron chi connectivity index (χ0n) is 12.9. The summed E-state index contributed by atoms with van der Waals surface area (Å²) in [6, 6.07) is 7.34. The van der Waals surface area contributed by atoms with Crippen LogP contribution in [-0.4, -0.2) is 35.1 Å². The topological polar surface area (TPSA) is 99.1 Å². The molecule has 0 radical (unpaired) electrons. The largest absolute Gasteiger partial charge is 0.481 e. The third-order valence-electron chi connectivity index (χ3n) is 3.39. The van der Waals surface area contributed by atoms with Crippen LogP contribution in [0, 0.1) is 6.92 Å². The number of rotatable bonds is 6. The number of aryl methyl sites for hydroxylation is 1. The molecular weight excluding hydrogens is 298 g/mol. The van der Waals surface area contributed by atoms with E-state index in [0.717, 1.165) is 5.56 Å². The van der Waals surface area contributed by atoms with Gasteiger partial charge in [0, 0.05) is 25.8 Å². The minimum atomic E-state index is -0.898. The minimum absolute atomic E-state index is 0.000654. The van der Waals surface area contributed by atoms with E-state index in [0.29, 0.717) is 12.1 Å². The average molecular weight is 317 g/mol. The van der Waals surface area contributed by atoms with Crippen LogP contribution in [0.15, 0.2) is 29.4 Å². The molecule has 122 valence electrons. The molecule has 0 unspecified atom stereocenters. The third-order valence-corrected chi connectivity index (χ3v) is 3.39. The van der Waals surface area contributed by atoms with Crippen LogP contribution in [0.4, 0.5) is 5.69 Å². The van der Waals surface area contributed by atoms with Crippen LogP contribution in [0.25, 0.3) is 0 Å². The van der Waals surface area contributed by atoms with Crippen molar-refractivity contribution in [1.82, 2.24) is 5.32 Å². The van der Waals surface area contributed by atoms with Gasteiger partial charge in [-0.2, -0.15) is 5.10 Å². The van der Waals surface area contributed by atoms with Gasteiger partial charge in [-0.1, -0.05) is 12.1 Å². The monoisotopic (exact) mass is 317 g/mol. The van der Waals surface area contributed by atoms with Gasteiger partial charge in [-0.3, -0.25) is 14.4 Å². The lowest BCUT2D eigenvalue weighted by atomic mass is 10.1. The van der Waals surface area contributed by atoms with E-state index >= 15 is 0 Å². The van der Waals surface area contributed by atoms with Crippen LogP contribution in [0.2, 0.25) is 0 Å². The molecule has 0 saturated carbocycles. The molecule has 0 aromatic heterocycles. The van der Waals surface area contributed by atoms with E-state index < -0.39 is 5.97 Å². The van der Waals surface area contributed by atoms with E-state index in [-0.39, 0.29) is 43.3 Å². The van der Waals surface area contributed by atoms with Gasteiger partial charge in [0.05, 0.1) is 5.69 Å². The van der Waals surface area contributed by atoms with Gasteiger partial charge >= 0.3 is 5.97 Å². The van der Waals surface area contributed by atoms with Crippen LogP contribution < -0.4 is 10.3 Å². The zero-order valence-corrected chi connectivity index (χ0v) is 12.9. The highest BCUT2D eigenvalue weighted by Gasteiger charge is 2.25. The number of hydrazone groups is 1. The number of hydrogen-bond donors (Lipinski definition) is 2. The Balaban J connectivity index is 2.04. The Kier molecular flexibility index (Phi) is 5.46. The van der Waals surface area contributed by atoms with Crippen molar-refractivity contribution in [2.24, 2.45) is 5.10 Å². The first kappa shape index (κ1) is 16.7. The van der Waals surface area contributed by atoms with E-state index in [1.807, 2.05) is 25.1 Å². The van der Waals surface area contributed by atoms with Gasteiger partial charge in [0.2, 0.25) is 5.91 Å². The van der Waals surface area contributed by atoms with E-state index in [2.05, 4.69) is 10.4 Å². The standard InChI is InChI=1S/C16H19N3O4/c1-11-4-2-5-12(10-11)19-14(20)8-7-13(18-19)16(23)17-9-3-6-15(21)22/h2,4-5,10H,3,6-9H2,1H3,(H,17,23)(H,21,22). The van der Waals surface area contributed by atoms with Crippen molar-refractivity contribution in [3.05, 3.63) is 29.8 Å². The van der Waals surface area contributed by atoms with E-state index in [1.54, 1.807) is 6.07 Å². The first-order valence-corrected chi connectivity index (χ1v) is 7.44. The number of carbonyl (C=O) groups excluding carboxylic acids is 2. The summed E-state index contributed by atoms with van der Waals surface area (Å²) in [5, 5.41) is 16.6. The number of carboxylic acid groups (broad SMARTS) is 1. The molecule has 7 heteroatoms. The first-order chi connectivity index (χ1) is 11.0. The highest BCUT2D eigenvalue weighted by Crippen LogP contribution is 2.21. The molecule has 0 bridgehead atoms. The van der Waals surface area contributed by atoms with Crippen LogP contribution in [-0.2, 0) is 14.4 Å². The summed E-state index contributed by atoms with van der Waals surface area (Å²) in [7, 11) is 0. The molecule has 0 aliphatic carbocycles. The quantitative estimate of drug-likeness (QED) is 0.776. The maximum absolute atomic E-state index is 12.1. The van der Waals surface area contributed by atoms with Gasteiger partial charge in [0.15, 0.2) is 0 Å². The van der Waals surface area contributed by atoms with Gasteiger partial charge in [0.25, 0.3) is 5.91 Å². The summed E-state index contributed by atoms with van der Waals surface area (Å²) < 4.78 is 0. The fourth-order valence-electron chi connectivity index (χ4n) is 2.22. The summed E-state index contributed by atoms with van der Waals surface area (Å²) in [6.45, 7) is 2.18. The van der Waals surface area contributed by atoms with Gasteiger partial charge < -0.3 is 10.4 Å². The van der Waals surface area contributed by atoms with Crippen LogP contribution >= 0.6 is 0 Å². The molecule has 0 fully saturated rings. The lowest BCUT2D eigenvalue weighted by Gasteiger charge is -2.23. The highest BCUT2D eigenvalue weighted by atomic mass is 16.4. The Hall–Kier alpha value is -2.70. The van der Waals surface area contributed by atoms with Crippen molar-refractivity contribution in [2.75, 3.05) is 11.6 Å². The Labute approximate surface area is 134 Å². The van der Waals surface area contributed by atoms with Crippen LogP contribution in [0.3, 0.4) is 0 Å². The van der Waals surface area contributed by atoms with Crippen molar-refractivity contribution < 1.29 is 19.5 Å². The second-order valence-corrected chi connectivity index (χ2v) is 5.34. The smallest absolute Gasteiger partial charge is 0.303 e. The number of carbonyl (C=O) groups is 3. The number of anilines is 1. The van der Waals surface area contributed by atoms with E-state index in [4.69, 9.17) is 5.11 Å². The van der Waals surface area contributed by atoms with Crippen LogP contribution in [0.5, 0.6) is 0 Å². The molecule has 2 rings (SSSR count). The molecule has 0 saturated heterocycles. The summed E-state index contributed by atoms with van der Waals surface area (Å²) in [6.07, 6.45) is 0.858. The van der Waals surface area contributed by atoms with Crippen molar-refractivity contribution in [1.29, 1.82) is 0 Å². The maximum Gasteiger partial charge on any atom is 0.303 e. The highest BCUT2D eigenvalue weighted by molar-refractivity contribution is 6.40. The van der Waals surface area contributed by atoms with Crippen LogP contribution in [0.1, 0.15) is 31.2 Å². The number of benzene rings is 1. The molecule has 1 aromatic carbocycles. The lowest BCUT2D eigenvalue weighted by molar-refractivity contribution is -0.137. The molecule has 0 spiro atoms. The molecule has 1 heterocycles. The molecule has 1 aliphatic heterocycles. The summed E-state index contributed by atoms with van der Waals surface area (Å²) in [5.41, 5.74) is 1.91. The number of nitrogens with one attached hydrogen (secondary N) is 1. The van der Waals surface area contributed by atoms with E-state index in [1.165, 1.54) is 5.01 Å². The van der Waals surface area contributed by atoms with Crippen molar-refractivity contribution in [2.45, 2.75) is 32.6 Å². The lowest BCUT2D eigenvalue weighted by Crippen LogP contribution is -2.39. The Bertz CT molecular complexity index is 654. The number of aliphatic carboxylic acids is 1. The molecule has 23 heavy (non-hydrogen) atoms. The van der Waals surface area contributed by atoms with Crippen molar-refractivity contribution in [3.8, 4) is 0 Å². The Morgan fingerprint density at radius 2 is 2.13 bits per heavy atom. The molecule has 1 aromatic rings. The second-order valence-electron chi connectivity index (χ2n) is 5.34. The fourth-order valence-corrected chi connectivity index (χ4v) is 2.22. The second kappa shape index (κ2) is 7.53. The van der Waals surface area contributed by atoms with Gasteiger partial charge in [-0.05, 0) is 31.0 Å². The molecule has 1 aliphatic rings. The Morgan fingerprint density at radius 3 is 2.83 bits per heavy atom. The zero-order chi connectivity index (χ0) is 16.8. The van der Waals surface area contributed by atoms with Gasteiger partial charge in [-0.25, -0.2) is 5.01 Å². The number of hydrogen-bond acceptors (Lipinski definition) is 4. The SMILES string of the molecule is Cc1cccc(N2N=C(C(=O)NCCCC(=O)O)CCC2=O)c1. The molecular formula is C16H19N3O4. The average Bonchev–Trinajstić information content (AvgIpc) is 2.51. The van der Waals surface area contributed by atoms with Gasteiger partial charge in [-0.15, -0.1) is 0 Å². The molecule has 0 atom stereocenters. The third kappa shape index (κ3) is 4.64. The fraction of sp³-hybridized carbons (Fsp3) is 0.375. The number of carboxylic acids is 1. The predicted octanol–water partition coefficient (Wildman–Crippen LogP) is 1.46. The van der Waals surface area contributed by atoms with E-state index in [9.17, 15) is 14.4 Å².